The third-order valence-corrected chi connectivity index (χ3v) is 3.03. The molecule has 18 heavy (non-hydrogen) atoms. The number of nitrogens with one attached hydrogen (secondary N) is 2. The molecular weight excluding hydrogens is 256 g/mol. The molecule has 3 heterocycles. The Morgan fingerprint density at radius 1 is 1.61 bits per heavy atom. The molecule has 8 heteroatoms. The van der Waals surface area contributed by atoms with Gasteiger partial charge in [-0.25, -0.2) is 0 Å². The third-order valence-electron chi connectivity index (χ3n) is 2.84. The summed E-state index contributed by atoms with van der Waals surface area (Å²) >= 11 is 5.90. The maximum atomic E-state index is 11.1. The quantitative estimate of drug-likeness (QED) is 0.789. The molecule has 0 bridgehead atoms. The van der Waals surface area contributed by atoms with Crippen molar-refractivity contribution in [2.45, 2.75) is 18.9 Å². The topological polar surface area (TPSA) is 84.2 Å². The molecule has 1 fully saturated rings. The van der Waals surface area contributed by atoms with Crippen LogP contribution in [0.15, 0.2) is 12.4 Å². The Bertz CT molecular complexity index is 597. The van der Waals surface area contributed by atoms with Crippen LogP contribution in [0.25, 0.3) is 5.78 Å². The lowest BCUT2D eigenvalue weighted by Crippen LogP contribution is -2.32. The molecule has 0 aromatic carbocycles. The summed E-state index contributed by atoms with van der Waals surface area (Å²) in [5.41, 5.74) is 0. The number of halogens is 1. The van der Waals surface area contributed by atoms with Crippen molar-refractivity contribution in [3.63, 3.8) is 0 Å². The van der Waals surface area contributed by atoms with Gasteiger partial charge in [0.25, 0.3) is 5.78 Å². The lowest BCUT2D eigenvalue weighted by atomic mass is 10.2. The molecule has 1 unspecified atom stereocenters. The van der Waals surface area contributed by atoms with Crippen LogP contribution in [0.3, 0.4) is 0 Å². The van der Waals surface area contributed by atoms with Crippen molar-refractivity contribution in [3.05, 3.63) is 17.5 Å². The molecular formula is C10H11ClN6O. The highest BCUT2D eigenvalue weighted by atomic mass is 35.5. The van der Waals surface area contributed by atoms with Gasteiger partial charge in [-0.15, -0.1) is 0 Å². The molecule has 1 aliphatic heterocycles. The molecule has 1 atom stereocenters. The van der Waals surface area contributed by atoms with Crippen molar-refractivity contribution in [1.29, 1.82) is 0 Å². The average molecular weight is 267 g/mol. The number of aromatic nitrogens is 4. The largest absolute Gasteiger partial charge is 0.368 e. The van der Waals surface area contributed by atoms with Crippen LogP contribution in [-0.2, 0) is 4.79 Å². The first kappa shape index (κ1) is 11.2. The minimum Gasteiger partial charge on any atom is -0.368 e. The molecule has 2 N–H and O–H groups in total. The smallest absolute Gasteiger partial charge is 0.255 e. The second kappa shape index (κ2) is 4.41. The van der Waals surface area contributed by atoms with E-state index in [0.717, 1.165) is 6.42 Å². The van der Waals surface area contributed by atoms with Crippen LogP contribution in [0.2, 0.25) is 5.15 Å². The van der Waals surface area contributed by atoms with Gasteiger partial charge in [-0.05, 0) is 6.42 Å². The third kappa shape index (κ3) is 2.08. The zero-order chi connectivity index (χ0) is 12.5. The van der Waals surface area contributed by atoms with Crippen LogP contribution >= 0.6 is 11.6 Å². The lowest BCUT2D eigenvalue weighted by molar-refractivity contribution is -0.119. The summed E-state index contributed by atoms with van der Waals surface area (Å²) in [4.78, 5) is 19.1. The number of fused-ring (bicyclic) bond motifs is 1. The molecule has 3 rings (SSSR count). The lowest BCUT2D eigenvalue weighted by Gasteiger charge is -2.12. The second-order valence-electron chi connectivity index (χ2n) is 4.12. The fourth-order valence-electron chi connectivity index (χ4n) is 1.97. The van der Waals surface area contributed by atoms with Gasteiger partial charge in [0, 0.05) is 25.1 Å². The van der Waals surface area contributed by atoms with E-state index in [-0.39, 0.29) is 11.9 Å². The van der Waals surface area contributed by atoms with Crippen LogP contribution in [0.5, 0.6) is 0 Å². The average Bonchev–Trinajstić information content (AvgIpc) is 2.94. The predicted octanol–water partition coefficient (Wildman–Crippen LogP) is 0.468. The minimum absolute atomic E-state index is 0.0977. The van der Waals surface area contributed by atoms with Gasteiger partial charge in [0.1, 0.15) is 17.3 Å². The fourth-order valence-corrected chi connectivity index (χ4v) is 2.15. The van der Waals surface area contributed by atoms with Gasteiger partial charge in [0.05, 0.1) is 0 Å². The number of carbonyl (C=O) groups excluding carboxylic acids is 1. The monoisotopic (exact) mass is 266 g/mol. The summed E-state index contributed by atoms with van der Waals surface area (Å²) in [6.07, 6.45) is 2.84. The number of nitrogens with zero attached hydrogens (tertiary/aromatic N) is 4. The van der Waals surface area contributed by atoms with Gasteiger partial charge in [0.15, 0.2) is 0 Å². The molecule has 0 radical (unpaired) electrons. The molecule has 2 aromatic rings. The number of anilines is 1. The number of amides is 1. The Hall–Kier alpha value is -1.89. The van der Waals surface area contributed by atoms with Crippen LogP contribution in [0.1, 0.15) is 12.8 Å². The zero-order valence-electron chi connectivity index (χ0n) is 9.43. The van der Waals surface area contributed by atoms with E-state index in [4.69, 9.17) is 11.6 Å². The van der Waals surface area contributed by atoms with Crippen molar-refractivity contribution < 1.29 is 4.79 Å². The molecule has 1 amide bonds. The van der Waals surface area contributed by atoms with Crippen LogP contribution in [0, 0.1) is 0 Å². The number of hydrogen-bond acceptors (Lipinski definition) is 5. The Morgan fingerprint density at radius 3 is 3.28 bits per heavy atom. The normalized spacial score (nSPS) is 19.2. The first-order chi connectivity index (χ1) is 8.72. The highest BCUT2D eigenvalue weighted by Gasteiger charge is 2.20. The molecule has 1 saturated heterocycles. The van der Waals surface area contributed by atoms with Crippen molar-refractivity contribution >= 4 is 29.1 Å². The Balaban J connectivity index is 1.77. The fraction of sp³-hybridized carbons (Fsp3) is 0.400. The maximum absolute atomic E-state index is 11.1. The van der Waals surface area contributed by atoms with Gasteiger partial charge in [0.2, 0.25) is 5.91 Å². The molecule has 0 spiro atoms. The SMILES string of the molecule is O=C1CCC(CNc2cc(Cl)nc3ncnn23)N1. The van der Waals surface area contributed by atoms with Crippen LogP contribution in [0.4, 0.5) is 5.82 Å². The van der Waals surface area contributed by atoms with E-state index >= 15 is 0 Å². The van der Waals surface area contributed by atoms with Crippen LogP contribution in [-0.4, -0.2) is 38.1 Å². The zero-order valence-corrected chi connectivity index (χ0v) is 10.2. The summed E-state index contributed by atoms with van der Waals surface area (Å²) < 4.78 is 1.57. The summed E-state index contributed by atoms with van der Waals surface area (Å²) in [6.45, 7) is 0.626. The molecule has 2 aromatic heterocycles. The summed E-state index contributed by atoms with van der Waals surface area (Å²) in [7, 11) is 0. The van der Waals surface area contributed by atoms with Gasteiger partial charge in [-0.2, -0.15) is 19.6 Å². The predicted molar refractivity (Wildman–Crippen MR) is 65.4 cm³/mol. The first-order valence-electron chi connectivity index (χ1n) is 5.62. The summed E-state index contributed by atoms with van der Waals surface area (Å²) in [6, 6.07) is 1.82. The summed E-state index contributed by atoms with van der Waals surface area (Å²) in [5.74, 6) is 1.25. The van der Waals surface area contributed by atoms with Gasteiger partial charge in [-0.1, -0.05) is 11.6 Å². The molecule has 0 aliphatic carbocycles. The van der Waals surface area contributed by atoms with Gasteiger partial charge < -0.3 is 10.6 Å². The molecule has 1 aliphatic rings. The highest BCUT2D eigenvalue weighted by molar-refractivity contribution is 6.29. The Labute approximate surface area is 108 Å². The van der Waals surface area contributed by atoms with E-state index in [1.807, 2.05) is 0 Å². The van der Waals surface area contributed by atoms with E-state index in [1.165, 1.54) is 6.33 Å². The summed E-state index contributed by atoms with van der Waals surface area (Å²) in [5, 5.41) is 10.5. The van der Waals surface area contributed by atoms with Crippen molar-refractivity contribution in [1.82, 2.24) is 24.9 Å². The number of hydrogen-bond donors (Lipinski definition) is 2. The minimum atomic E-state index is 0.0977. The van der Waals surface area contributed by atoms with Crippen molar-refractivity contribution in [2.24, 2.45) is 0 Å². The van der Waals surface area contributed by atoms with E-state index in [2.05, 4.69) is 25.7 Å². The van der Waals surface area contributed by atoms with E-state index in [0.29, 0.717) is 29.7 Å². The Morgan fingerprint density at radius 2 is 2.50 bits per heavy atom. The molecule has 7 nitrogen and oxygen atoms in total. The van der Waals surface area contributed by atoms with Gasteiger partial charge in [-0.3, -0.25) is 4.79 Å². The molecule has 94 valence electrons. The number of rotatable bonds is 3. The Kier molecular flexibility index (Phi) is 2.75. The highest BCUT2D eigenvalue weighted by Crippen LogP contribution is 2.15. The standard InChI is InChI=1S/C10H11ClN6O/c11-7-3-8(17-10(16-7)13-5-14-17)12-4-6-1-2-9(18)15-6/h3,5-6,12H,1-2,4H2,(H,15,18). The van der Waals surface area contributed by atoms with E-state index in [1.54, 1.807) is 10.6 Å². The van der Waals surface area contributed by atoms with E-state index in [9.17, 15) is 4.79 Å². The van der Waals surface area contributed by atoms with Crippen molar-refractivity contribution in [3.8, 4) is 0 Å². The van der Waals surface area contributed by atoms with Crippen LogP contribution < -0.4 is 10.6 Å². The first-order valence-corrected chi connectivity index (χ1v) is 6.00. The maximum Gasteiger partial charge on any atom is 0.255 e. The van der Waals surface area contributed by atoms with E-state index < -0.39 is 0 Å². The number of carbonyl (C=O) groups is 1. The second-order valence-corrected chi connectivity index (χ2v) is 4.51. The van der Waals surface area contributed by atoms with Crippen molar-refractivity contribution in [2.75, 3.05) is 11.9 Å². The molecule has 0 saturated carbocycles. The van der Waals surface area contributed by atoms with Gasteiger partial charge >= 0.3 is 0 Å².